The van der Waals surface area contributed by atoms with Gasteiger partial charge in [-0.05, 0) is 18.4 Å². The monoisotopic (exact) mass is 271 g/mol. The molecule has 0 fully saturated rings. The lowest BCUT2D eigenvalue weighted by atomic mass is 10.1. The second-order valence-corrected chi connectivity index (χ2v) is 5.43. The van der Waals surface area contributed by atoms with Crippen LogP contribution >= 0.6 is 0 Å². The summed E-state index contributed by atoms with van der Waals surface area (Å²) < 4.78 is 7.30. The van der Waals surface area contributed by atoms with E-state index in [2.05, 4.69) is 35.0 Å². The Bertz CT molecular complexity index is 574. The van der Waals surface area contributed by atoms with E-state index >= 15 is 0 Å². The average Bonchev–Trinajstić information content (AvgIpc) is 2.88. The fourth-order valence-corrected chi connectivity index (χ4v) is 2.67. The lowest BCUT2D eigenvalue weighted by Crippen LogP contribution is -2.31. The van der Waals surface area contributed by atoms with Crippen molar-refractivity contribution in [3.8, 4) is 11.3 Å². The second-order valence-electron chi connectivity index (χ2n) is 5.43. The Labute approximate surface area is 119 Å². The molecule has 2 N–H and O–H groups in total. The highest BCUT2D eigenvalue weighted by Gasteiger charge is 2.17. The highest BCUT2D eigenvalue weighted by molar-refractivity contribution is 5.59. The molecule has 1 aliphatic rings. The van der Waals surface area contributed by atoms with Crippen LogP contribution in [0.5, 0.6) is 0 Å². The number of aryl methyl sites for hydroxylation is 1. The molecule has 3 rings (SSSR count). The van der Waals surface area contributed by atoms with Crippen LogP contribution in [0.4, 0.5) is 0 Å². The van der Waals surface area contributed by atoms with Gasteiger partial charge in [0, 0.05) is 37.9 Å². The maximum Gasteiger partial charge on any atom is 0.109 e. The number of rotatable bonds is 4. The molecule has 1 aromatic carbocycles. The number of ether oxygens (including phenoxy) is 1. The Morgan fingerprint density at radius 1 is 1.35 bits per heavy atom. The third-order valence-corrected chi connectivity index (χ3v) is 3.87. The van der Waals surface area contributed by atoms with Crippen LogP contribution in [0, 0.1) is 0 Å². The molecular formula is C16H21N3O. The summed E-state index contributed by atoms with van der Waals surface area (Å²) in [5.74, 6) is 1.16. The minimum Gasteiger partial charge on any atom is -0.384 e. The summed E-state index contributed by atoms with van der Waals surface area (Å²) in [4.78, 5) is 4.73. The van der Waals surface area contributed by atoms with Crippen LogP contribution in [-0.4, -0.2) is 29.3 Å². The number of hydrogen-bond acceptors (Lipinski definition) is 3. The lowest BCUT2D eigenvalue weighted by Gasteiger charge is -2.19. The molecule has 1 aromatic heterocycles. The summed E-state index contributed by atoms with van der Waals surface area (Å²) >= 11 is 0. The van der Waals surface area contributed by atoms with Crippen molar-refractivity contribution in [2.75, 3.05) is 13.7 Å². The predicted octanol–water partition coefficient (Wildman–Crippen LogP) is 2.01. The van der Waals surface area contributed by atoms with Crippen LogP contribution in [0.3, 0.4) is 0 Å². The van der Waals surface area contributed by atoms with Crippen molar-refractivity contribution in [3.63, 3.8) is 0 Å². The normalized spacial score (nSPS) is 18.0. The highest BCUT2D eigenvalue weighted by atomic mass is 16.5. The Hall–Kier alpha value is -1.65. The molecule has 1 atom stereocenters. The molecule has 4 nitrogen and oxygen atoms in total. The van der Waals surface area contributed by atoms with Gasteiger partial charge in [0.25, 0.3) is 0 Å². The van der Waals surface area contributed by atoms with Crippen LogP contribution in [0.15, 0.2) is 30.5 Å². The number of aromatic nitrogens is 2. The predicted molar refractivity (Wildman–Crippen MR) is 79.5 cm³/mol. The zero-order chi connectivity index (χ0) is 13.9. The number of hydrogen-bond donors (Lipinski definition) is 1. The third kappa shape index (κ3) is 2.76. The van der Waals surface area contributed by atoms with Crippen molar-refractivity contribution in [1.29, 1.82) is 0 Å². The van der Waals surface area contributed by atoms with E-state index in [0.717, 1.165) is 43.9 Å². The van der Waals surface area contributed by atoms with Gasteiger partial charge in [0.2, 0.25) is 0 Å². The molecular weight excluding hydrogens is 250 g/mol. The first kappa shape index (κ1) is 13.3. The minimum atomic E-state index is 0.265. The Kier molecular flexibility index (Phi) is 3.85. The van der Waals surface area contributed by atoms with Gasteiger partial charge < -0.3 is 15.0 Å². The van der Waals surface area contributed by atoms with Crippen LogP contribution in [-0.2, 0) is 24.1 Å². The van der Waals surface area contributed by atoms with Crippen molar-refractivity contribution >= 4 is 0 Å². The van der Waals surface area contributed by atoms with E-state index in [4.69, 9.17) is 15.5 Å². The maximum absolute atomic E-state index is 6.00. The number of imidazole rings is 1. The first-order valence-electron chi connectivity index (χ1n) is 7.16. The fourth-order valence-electron chi connectivity index (χ4n) is 2.67. The Balaban J connectivity index is 1.79. The van der Waals surface area contributed by atoms with Crippen LogP contribution in [0.25, 0.3) is 11.3 Å². The average molecular weight is 271 g/mol. The molecule has 20 heavy (non-hydrogen) atoms. The quantitative estimate of drug-likeness (QED) is 0.925. The zero-order valence-corrected chi connectivity index (χ0v) is 11.9. The van der Waals surface area contributed by atoms with E-state index in [0.29, 0.717) is 0 Å². The zero-order valence-electron chi connectivity index (χ0n) is 11.9. The summed E-state index contributed by atoms with van der Waals surface area (Å²) in [6, 6.07) is 8.84. The van der Waals surface area contributed by atoms with Crippen molar-refractivity contribution < 1.29 is 4.74 Å². The minimum absolute atomic E-state index is 0.265. The summed E-state index contributed by atoms with van der Waals surface area (Å²) in [5, 5.41) is 0. The SMILES string of the molecule is COCCc1ccc(-c2cn3c(n2)CCC(N)C3)cc1. The number of nitrogens with two attached hydrogens (primary N) is 1. The number of benzene rings is 1. The molecule has 0 radical (unpaired) electrons. The molecule has 0 amide bonds. The van der Waals surface area contributed by atoms with Gasteiger partial charge in [-0.3, -0.25) is 0 Å². The molecule has 1 aliphatic heterocycles. The van der Waals surface area contributed by atoms with Crippen LogP contribution < -0.4 is 5.73 Å². The van der Waals surface area contributed by atoms with Gasteiger partial charge in [0.05, 0.1) is 12.3 Å². The number of methoxy groups -OCH3 is 1. The van der Waals surface area contributed by atoms with Crippen molar-refractivity contribution in [2.24, 2.45) is 5.73 Å². The summed E-state index contributed by atoms with van der Waals surface area (Å²) in [6.45, 7) is 1.64. The molecule has 2 aromatic rings. The number of fused-ring (bicyclic) bond motifs is 1. The standard InChI is InChI=1S/C16H21N3O/c1-20-9-8-12-2-4-13(5-3-12)15-11-19-10-14(17)6-7-16(19)18-15/h2-5,11,14H,6-10,17H2,1H3. The largest absolute Gasteiger partial charge is 0.384 e. The van der Waals surface area contributed by atoms with E-state index < -0.39 is 0 Å². The van der Waals surface area contributed by atoms with E-state index in [-0.39, 0.29) is 6.04 Å². The molecule has 2 heterocycles. The van der Waals surface area contributed by atoms with Gasteiger partial charge >= 0.3 is 0 Å². The topological polar surface area (TPSA) is 53.1 Å². The lowest BCUT2D eigenvalue weighted by molar-refractivity contribution is 0.202. The van der Waals surface area contributed by atoms with E-state index in [1.54, 1.807) is 7.11 Å². The summed E-state index contributed by atoms with van der Waals surface area (Å²) in [6.07, 6.45) is 5.09. The fraction of sp³-hybridized carbons (Fsp3) is 0.438. The first-order chi connectivity index (χ1) is 9.76. The smallest absolute Gasteiger partial charge is 0.109 e. The van der Waals surface area contributed by atoms with E-state index in [1.807, 2.05) is 0 Å². The molecule has 0 spiro atoms. The molecule has 4 heteroatoms. The summed E-state index contributed by atoms with van der Waals surface area (Å²) in [7, 11) is 1.73. The second kappa shape index (κ2) is 5.77. The van der Waals surface area contributed by atoms with Crippen molar-refractivity contribution in [1.82, 2.24) is 9.55 Å². The van der Waals surface area contributed by atoms with E-state index in [9.17, 15) is 0 Å². The van der Waals surface area contributed by atoms with Crippen molar-refractivity contribution in [2.45, 2.75) is 31.8 Å². The van der Waals surface area contributed by atoms with Gasteiger partial charge in [-0.15, -0.1) is 0 Å². The van der Waals surface area contributed by atoms with Gasteiger partial charge in [-0.25, -0.2) is 4.98 Å². The molecule has 106 valence electrons. The van der Waals surface area contributed by atoms with Gasteiger partial charge in [-0.2, -0.15) is 0 Å². The van der Waals surface area contributed by atoms with Crippen molar-refractivity contribution in [3.05, 3.63) is 41.9 Å². The molecule has 0 saturated heterocycles. The summed E-state index contributed by atoms with van der Waals surface area (Å²) in [5.41, 5.74) is 9.51. The molecule has 1 unspecified atom stereocenters. The van der Waals surface area contributed by atoms with Gasteiger partial charge in [-0.1, -0.05) is 24.3 Å². The van der Waals surface area contributed by atoms with Crippen LogP contribution in [0.1, 0.15) is 17.8 Å². The Morgan fingerprint density at radius 3 is 2.90 bits per heavy atom. The third-order valence-electron chi connectivity index (χ3n) is 3.87. The van der Waals surface area contributed by atoms with Gasteiger partial charge in [0.15, 0.2) is 0 Å². The van der Waals surface area contributed by atoms with Gasteiger partial charge in [0.1, 0.15) is 5.82 Å². The van der Waals surface area contributed by atoms with E-state index in [1.165, 1.54) is 11.1 Å². The highest BCUT2D eigenvalue weighted by Crippen LogP contribution is 2.22. The maximum atomic E-state index is 6.00. The molecule has 0 saturated carbocycles. The molecule has 0 bridgehead atoms. The first-order valence-corrected chi connectivity index (χ1v) is 7.16. The van der Waals surface area contributed by atoms with Crippen LogP contribution in [0.2, 0.25) is 0 Å². The molecule has 0 aliphatic carbocycles. The number of nitrogens with zero attached hydrogens (tertiary/aromatic N) is 2. The Morgan fingerprint density at radius 2 is 2.15 bits per heavy atom.